The Morgan fingerprint density at radius 3 is 2.17 bits per heavy atom. The van der Waals surface area contributed by atoms with Gasteiger partial charge in [0.05, 0.1) is 5.56 Å². The fourth-order valence-corrected chi connectivity index (χ4v) is 2.62. The number of phenols is 2. The molecule has 1 saturated heterocycles. The van der Waals surface area contributed by atoms with E-state index in [0.717, 1.165) is 32.7 Å². The van der Waals surface area contributed by atoms with Crippen molar-refractivity contribution in [3.05, 3.63) is 23.8 Å². The molecule has 1 fully saturated rings. The Kier molecular flexibility index (Phi) is 4.09. The highest BCUT2D eigenvalue weighted by Gasteiger charge is 2.24. The van der Waals surface area contributed by atoms with Crippen LogP contribution in [-0.4, -0.2) is 52.7 Å². The second kappa shape index (κ2) is 5.59. The third-order valence-electron chi connectivity index (χ3n) is 3.88. The zero-order chi connectivity index (χ0) is 13.1. The summed E-state index contributed by atoms with van der Waals surface area (Å²) in [7, 11) is 0. The van der Waals surface area contributed by atoms with E-state index in [1.54, 1.807) is 18.2 Å². The maximum Gasteiger partial charge on any atom is 0.124 e. The average molecular weight is 250 g/mol. The third-order valence-corrected chi connectivity index (χ3v) is 3.88. The van der Waals surface area contributed by atoms with Gasteiger partial charge in [0, 0.05) is 32.2 Å². The molecule has 18 heavy (non-hydrogen) atoms. The molecule has 0 aliphatic carbocycles. The molecule has 0 spiro atoms. The summed E-state index contributed by atoms with van der Waals surface area (Å²) in [5, 5.41) is 19.8. The van der Waals surface area contributed by atoms with Crippen LogP contribution in [0, 0.1) is 0 Å². The Bertz CT molecular complexity index is 381. The van der Waals surface area contributed by atoms with Crippen LogP contribution in [0.2, 0.25) is 0 Å². The first-order valence-corrected chi connectivity index (χ1v) is 6.60. The van der Waals surface area contributed by atoms with Crippen LogP contribution in [0.5, 0.6) is 11.5 Å². The molecule has 1 aliphatic heterocycles. The van der Waals surface area contributed by atoms with Crippen LogP contribution in [-0.2, 0) is 0 Å². The number of nitrogens with zero attached hydrogens (tertiary/aromatic N) is 2. The van der Waals surface area contributed by atoms with Gasteiger partial charge >= 0.3 is 0 Å². The molecule has 1 unspecified atom stereocenters. The van der Waals surface area contributed by atoms with Crippen LogP contribution in [0.25, 0.3) is 0 Å². The minimum atomic E-state index is 0.0465. The van der Waals surface area contributed by atoms with Crippen molar-refractivity contribution >= 4 is 0 Å². The Morgan fingerprint density at radius 1 is 1.11 bits per heavy atom. The molecular formula is C14H22N2O2. The molecule has 2 rings (SSSR count). The van der Waals surface area contributed by atoms with Crippen molar-refractivity contribution in [2.45, 2.75) is 19.9 Å². The molecule has 1 atom stereocenters. The van der Waals surface area contributed by atoms with E-state index in [9.17, 15) is 10.2 Å². The molecule has 1 aromatic carbocycles. The standard InChI is InChI=1S/C14H22N2O2/c1-3-15-7-9-16(10-8-15)11(2)14-12(17)5-4-6-13(14)18/h4-6,11,17-18H,3,7-10H2,1-2H3. The number of rotatable bonds is 3. The van der Waals surface area contributed by atoms with Crippen LogP contribution in [0.4, 0.5) is 0 Å². The van der Waals surface area contributed by atoms with Crippen molar-refractivity contribution in [2.75, 3.05) is 32.7 Å². The van der Waals surface area contributed by atoms with E-state index in [1.807, 2.05) is 6.92 Å². The van der Waals surface area contributed by atoms with Gasteiger partial charge in [0.25, 0.3) is 0 Å². The van der Waals surface area contributed by atoms with Crippen LogP contribution in [0.1, 0.15) is 25.5 Å². The summed E-state index contributed by atoms with van der Waals surface area (Å²) in [6, 6.07) is 4.97. The first kappa shape index (κ1) is 13.2. The van der Waals surface area contributed by atoms with E-state index >= 15 is 0 Å². The Labute approximate surface area is 108 Å². The van der Waals surface area contributed by atoms with Gasteiger partial charge in [-0.05, 0) is 25.6 Å². The molecule has 0 radical (unpaired) electrons. The van der Waals surface area contributed by atoms with Crippen molar-refractivity contribution in [3.63, 3.8) is 0 Å². The van der Waals surface area contributed by atoms with E-state index in [2.05, 4.69) is 16.7 Å². The summed E-state index contributed by atoms with van der Waals surface area (Å²) in [4.78, 5) is 4.72. The second-order valence-corrected chi connectivity index (χ2v) is 4.86. The number of phenolic OH excluding ortho intramolecular Hbond substituents is 2. The van der Waals surface area contributed by atoms with E-state index in [4.69, 9.17) is 0 Å². The van der Waals surface area contributed by atoms with E-state index in [0.29, 0.717) is 5.56 Å². The number of aromatic hydroxyl groups is 2. The molecule has 0 amide bonds. The minimum Gasteiger partial charge on any atom is -0.507 e. The lowest BCUT2D eigenvalue weighted by atomic mass is 10.0. The normalized spacial score (nSPS) is 19.9. The quantitative estimate of drug-likeness (QED) is 0.858. The highest BCUT2D eigenvalue weighted by Crippen LogP contribution is 2.35. The number of benzene rings is 1. The van der Waals surface area contributed by atoms with Gasteiger partial charge < -0.3 is 15.1 Å². The second-order valence-electron chi connectivity index (χ2n) is 4.86. The Morgan fingerprint density at radius 2 is 1.67 bits per heavy atom. The maximum absolute atomic E-state index is 9.89. The molecule has 4 heteroatoms. The predicted molar refractivity (Wildman–Crippen MR) is 71.9 cm³/mol. The number of hydrogen-bond acceptors (Lipinski definition) is 4. The zero-order valence-electron chi connectivity index (χ0n) is 11.1. The van der Waals surface area contributed by atoms with E-state index < -0.39 is 0 Å². The fourth-order valence-electron chi connectivity index (χ4n) is 2.62. The Hall–Kier alpha value is -1.26. The van der Waals surface area contributed by atoms with Gasteiger partial charge in [-0.25, -0.2) is 0 Å². The molecule has 2 N–H and O–H groups in total. The minimum absolute atomic E-state index is 0.0465. The lowest BCUT2D eigenvalue weighted by molar-refractivity contribution is 0.104. The SMILES string of the molecule is CCN1CCN(C(C)c2c(O)cccc2O)CC1. The molecule has 0 bridgehead atoms. The highest BCUT2D eigenvalue weighted by atomic mass is 16.3. The smallest absolute Gasteiger partial charge is 0.124 e. The van der Waals surface area contributed by atoms with Crippen molar-refractivity contribution in [2.24, 2.45) is 0 Å². The summed E-state index contributed by atoms with van der Waals surface area (Å²) in [6.45, 7) is 9.35. The van der Waals surface area contributed by atoms with Crippen LogP contribution in [0.15, 0.2) is 18.2 Å². The Balaban J connectivity index is 2.10. The summed E-state index contributed by atoms with van der Waals surface area (Å²) in [5.74, 6) is 0.362. The van der Waals surface area contributed by atoms with Gasteiger partial charge in [-0.15, -0.1) is 0 Å². The van der Waals surface area contributed by atoms with Crippen molar-refractivity contribution in [1.82, 2.24) is 9.80 Å². The van der Waals surface area contributed by atoms with Gasteiger partial charge in [0.1, 0.15) is 11.5 Å². The molecule has 0 aromatic heterocycles. The third kappa shape index (κ3) is 2.60. The number of piperazine rings is 1. The molecule has 1 heterocycles. The molecule has 1 aromatic rings. The van der Waals surface area contributed by atoms with Gasteiger partial charge in [0.2, 0.25) is 0 Å². The first-order valence-electron chi connectivity index (χ1n) is 6.60. The first-order chi connectivity index (χ1) is 8.63. The van der Waals surface area contributed by atoms with Crippen molar-refractivity contribution in [3.8, 4) is 11.5 Å². The lowest BCUT2D eigenvalue weighted by Gasteiger charge is -2.38. The van der Waals surface area contributed by atoms with E-state index in [-0.39, 0.29) is 17.5 Å². The zero-order valence-corrected chi connectivity index (χ0v) is 11.1. The van der Waals surface area contributed by atoms with Crippen LogP contribution in [0.3, 0.4) is 0 Å². The number of hydrogen-bond donors (Lipinski definition) is 2. The highest BCUT2D eigenvalue weighted by molar-refractivity contribution is 5.45. The van der Waals surface area contributed by atoms with Gasteiger partial charge in [0.15, 0.2) is 0 Å². The summed E-state index contributed by atoms with van der Waals surface area (Å²) >= 11 is 0. The van der Waals surface area contributed by atoms with Gasteiger partial charge in [-0.3, -0.25) is 4.90 Å². The van der Waals surface area contributed by atoms with Gasteiger partial charge in [-0.2, -0.15) is 0 Å². The largest absolute Gasteiger partial charge is 0.507 e. The number of likely N-dealkylation sites (N-methyl/N-ethyl adjacent to an activating group) is 1. The fraction of sp³-hybridized carbons (Fsp3) is 0.571. The molecule has 4 nitrogen and oxygen atoms in total. The monoisotopic (exact) mass is 250 g/mol. The van der Waals surface area contributed by atoms with Crippen LogP contribution >= 0.6 is 0 Å². The molecule has 100 valence electrons. The lowest BCUT2D eigenvalue weighted by Crippen LogP contribution is -2.46. The van der Waals surface area contributed by atoms with E-state index in [1.165, 1.54) is 0 Å². The molecule has 0 saturated carbocycles. The topological polar surface area (TPSA) is 46.9 Å². The van der Waals surface area contributed by atoms with Crippen molar-refractivity contribution in [1.29, 1.82) is 0 Å². The van der Waals surface area contributed by atoms with Crippen LogP contribution < -0.4 is 0 Å². The maximum atomic E-state index is 9.89. The summed E-state index contributed by atoms with van der Waals surface area (Å²) < 4.78 is 0. The molecule has 1 aliphatic rings. The van der Waals surface area contributed by atoms with Gasteiger partial charge in [-0.1, -0.05) is 13.0 Å². The summed E-state index contributed by atoms with van der Waals surface area (Å²) in [5.41, 5.74) is 0.641. The summed E-state index contributed by atoms with van der Waals surface area (Å²) in [6.07, 6.45) is 0. The van der Waals surface area contributed by atoms with Crippen molar-refractivity contribution < 1.29 is 10.2 Å². The average Bonchev–Trinajstić information content (AvgIpc) is 2.38. The predicted octanol–water partition coefficient (Wildman–Crippen LogP) is 1.80. The molecular weight excluding hydrogens is 228 g/mol.